The third-order valence-corrected chi connectivity index (χ3v) is 2.98. The van der Waals surface area contributed by atoms with E-state index in [0.29, 0.717) is 25.3 Å². The molecule has 1 aromatic rings. The van der Waals surface area contributed by atoms with Crippen molar-refractivity contribution in [3.63, 3.8) is 0 Å². The van der Waals surface area contributed by atoms with Crippen molar-refractivity contribution in [3.05, 3.63) is 35.4 Å². The standard InChI is InChI=1S/C15H22N2O3/c1-10(2)9-13(16)14(18)17-8-7-11-3-5-12(6-4-11)15(19)20/h3-6,10,13H,7-9,16H2,1-2H3,(H,17,18)(H,19,20). The number of carboxylic acid groups (broad SMARTS) is 1. The number of carbonyl (C=O) groups excluding carboxylic acids is 1. The molecule has 0 aromatic heterocycles. The number of aromatic carboxylic acids is 1. The van der Waals surface area contributed by atoms with Crippen LogP contribution < -0.4 is 11.1 Å². The zero-order valence-electron chi connectivity index (χ0n) is 11.9. The number of benzene rings is 1. The number of nitrogens with one attached hydrogen (secondary N) is 1. The lowest BCUT2D eigenvalue weighted by Gasteiger charge is -2.14. The van der Waals surface area contributed by atoms with E-state index in [4.69, 9.17) is 10.8 Å². The van der Waals surface area contributed by atoms with Gasteiger partial charge in [0.15, 0.2) is 0 Å². The molecular formula is C15H22N2O3. The fourth-order valence-corrected chi connectivity index (χ4v) is 1.89. The Morgan fingerprint density at radius 2 is 1.85 bits per heavy atom. The van der Waals surface area contributed by atoms with Crippen LogP contribution in [-0.4, -0.2) is 29.6 Å². The molecule has 0 spiro atoms. The molecule has 1 atom stereocenters. The zero-order valence-corrected chi connectivity index (χ0v) is 11.9. The predicted octanol–water partition coefficient (Wildman–Crippen LogP) is 1.42. The average Bonchev–Trinajstić information content (AvgIpc) is 2.38. The molecule has 0 aliphatic heterocycles. The zero-order chi connectivity index (χ0) is 15.1. The molecule has 1 aromatic carbocycles. The lowest BCUT2D eigenvalue weighted by molar-refractivity contribution is -0.122. The third kappa shape index (κ3) is 5.40. The van der Waals surface area contributed by atoms with Gasteiger partial charge in [0.25, 0.3) is 0 Å². The Bertz CT molecular complexity index is 455. The van der Waals surface area contributed by atoms with E-state index in [1.807, 2.05) is 13.8 Å². The van der Waals surface area contributed by atoms with Gasteiger partial charge in [-0.3, -0.25) is 4.79 Å². The van der Waals surface area contributed by atoms with Crippen LogP contribution in [0.25, 0.3) is 0 Å². The van der Waals surface area contributed by atoms with Crippen molar-refractivity contribution in [2.24, 2.45) is 11.7 Å². The van der Waals surface area contributed by atoms with Crippen LogP contribution in [0.1, 0.15) is 36.2 Å². The van der Waals surface area contributed by atoms with Crippen molar-refractivity contribution in [2.45, 2.75) is 32.7 Å². The Morgan fingerprint density at radius 3 is 2.35 bits per heavy atom. The predicted molar refractivity (Wildman–Crippen MR) is 77.5 cm³/mol. The average molecular weight is 278 g/mol. The lowest BCUT2D eigenvalue weighted by atomic mass is 10.0. The van der Waals surface area contributed by atoms with E-state index in [1.165, 1.54) is 0 Å². The van der Waals surface area contributed by atoms with Gasteiger partial charge in [0, 0.05) is 6.54 Å². The number of nitrogens with two attached hydrogens (primary N) is 1. The Labute approximate surface area is 119 Å². The van der Waals surface area contributed by atoms with Crippen LogP contribution in [0.3, 0.4) is 0 Å². The van der Waals surface area contributed by atoms with Crippen LogP contribution in [0.5, 0.6) is 0 Å². The summed E-state index contributed by atoms with van der Waals surface area (Å²) >= 11 is 0. The van der Waals surface area contributed by atoms with E-state index >= 15 is 0 Å². The second-order valence-electron chi connectivity index (χ2n) is 5.28. The van der Waals surface area contributed by atoms with Crippen LogP contribution in [-0.2, 0) is 11.2 Å². The molecule has 0 aliphatic rings. The van der Waals surface area contributed by atoms with Crippen molar-refractivity contribution < 1.29 is 14.7 Å². The summed E-state index contributed by atoms with van der Waals surface area (Å²) < 4.78 is 0. The van der Waals surface area contributed by atoms with E-state index in [9.17, 15) is 9.59 Å². The van der Waals surface area contributed by atoms with Crippen molar-refractivity contribution in [1.82, 2.24) is 5.32 Å². The maximum Gasteiger partial charge on any atom is 0.335 e. The summed E-state index contributed by atoms with van der Waals surface area (Å²) in [6.07, 6.45) is 1.32. The highest BCUT2D eigenvalue weighted by molar-refractivity contribution is 5.87. The smallest absolute Gasteiger partial charge is 0.335 e. The highest BCUT2D eigenvalue weighted by Crippen LogP contribution is 2.05. The molecular weight excluding hydrogens is 256 g/mol. The normalized spacial score (nSPS) is 12.2. The number of carboxylic acids is 1. The molecule has 0 aliphatic carbocycles. The molecule has 5 nitrogen and oxygen atoms in total. The second kappa shape index (κ2) is 7.65. The van der Waals surface area contributed by atoms with Gasteiger partial charge >= 0.3 is 5.97 Å². The molecule has 4 N–H and O–H groups in total. The summed E-state index contributed by atoms with van der Waals surface area (Å²) in [5.74, 6) is -0.690. The summed E-state index contributed by atoms with van der Waals surface area (Å²) in [5, 5.41) is 11.6. The summed E-state index contributed by atoms with van der Waals surface area (Å²) in [6, 6.07) is 6.16. The Balaban J connectivity index is 2.37. The topological polar surface area (TPSA) is 92.4 Å². The van der Waals surface area contributed by atoms with Gasteiger partial charge in [-0.1, -0.05) is 26.0 Å². The van der Waals surface area contributed by atoms with Gasteiger partial charge in [0.05, 0.1) is 11.6 Å². The number of rotatable bonds is 7. The van der Waals surface area contributed by atoms with Crippen molar-refractivity contribution >= 4 is 11.9 Å². The van der Waals surface area contributed by atoms with E-state index in [0.717, 1.165) is 5.56 Å². The number of hydrogen-bond donors (Lipinski definition) is 3. The quantitative estimate of drug-likeness (QED) is 0.703. The Kier molecular flexibility index (Phi) is 6.18. The minimum Gasteiger partial charge on any atom is -0.478 e. The van der Waals surface area contributed by atoms with E-state index in [-0.39, 0.29) is 11.5 Å². The number of carbonyl (C=O) groups is 2. The highest BCUT2D eigenvalue weighted by atomic mass is 16.4. The lowest BCUT2D eigenvalue weighted by Crippen LogP contribution is -2.42. The highest BCUT2D eigenvalue weighted by Gasteiger charge is 2.14. The maximum absolute atomic E-state index is 11.7. The van der Waals surface area contributed by atoms with Crippen LogP contribution in [0.4, 0.5) is 0 Å². The molecule has 5 heteroatoms. The van der Waals surface area contributed by atoms with E-state index in [1.54, 1.807) is 24.3 Å². The molecule has 1 amide bonds. The first-order valence-corrected chi connectivity index (χ1v) is 6.75. The Hall–Kier alpha value is -1.88. The number of amides is 1. The van der Waals surface area contributed by atoms with Crippen molar-refractivity contribution in [2.75, 3.05) is 6.54 Å². The van der Waals surface area contributed by atoms with Gasteiger partial charge < -0.3 is 16.2 Å². The first-order valence-electron chi connectivity index (χ1n) is 6.75. The molecule has 0 saturated heterocycles. The monoisotopic (exact) mass is 278 g/mol. The number of hydrogen-bond acceptors (Lipinski definition) is 3. The van der Waals surface area contributed by atoms with Gasteiger partial charge in [0.2, 0.25) is 5.91 Å². The first kappa shape index (κ1) is 16.2. The second-order valence-corrected chi connectivity index (χ2v) is 5.28. The summed E-state index contributed by atoms with van der Waals surface area (Å²) in [4.78, 5) is 22.4. The summed E-state index contributed by atoms with van der Waals surface area (Å²) in [7, 11) is 0. The summed E-state index contributed by atoms with van der Waals surface area (Å²) in [5.41, 5.74) is 7.01. The minimum absolute atomic E-state index is 0.138. The molecule has 0 radical (unpaired) electrons. The molecule has 0 saturated carbocycles. The first-order chi connectivity index (χ1) is 9.40. The minimum atomic E-state index is -0.940. The van der Waals surface area contributed by atoms with Gasteiger partial charge in [-0.25, -0.2) is 4.79 Å². The van der Waals surface area contributed by atoms with Crippen LogP contribution in [0.15, 0.2) is 24.3 Å². The molecule has 0 bridgehead atoms. The van der Waals surface area contributed by atoms with Crippen molar-refractivity contribution in [1.29, 1.82) is 0 Å². The van der Waals surface area contributed by atoms with Crippen LogP contribution >= 0.6 is 0 Å². The van der Waals surface area contributed by atoms with Gasteiger partial charge in [-0.2, -0.15) is 0 Å². The maximum atomic E-state index is 11.7. The Morgan fingerprint density at radius 1 is 1.25 bits per heavy atom. The van der Waals surface area contributed by atoms with Crippen LogP contribution in [0.2, 0.25) is 0 Å². The fourth-order valence-electron chi connectivity index (χ4n) is 1.89. The van der Waals surface area contributed by atoms with Crippen molar-refractivity contribution in [3.8, 4) is 0 Å². The van der Waals surface area contributed by atoms with Gasteiger partial charge in [0.1, 0.15) is 0 Å². The molecule has 20 heavy (non-hydrogen) atoms. The molecule has 110 valence electrons. The van der Waals surface area contributed by atoms with Gasteiger partial charge in [-0.05, 0) is 36.5 Å². The third-order valence-electron chi connectivity index (χ3n) is 2.98. The SMILES string of the molecule is CC(C)CC(N)C(=O)NCCc1ccc(C(=O)O)cc1. The largest absolute Gasteiger partial charge is 0.478 e. The molecule has 1 unspecified atom stereocenters. The molecule has 1 rings (SSSR count). The van der Waals surface area contributed by atoms with E-state index < -0.39 is 12.0 Å². The van der Waals surface area contributed by atoms with E-state index in [2.05, 4.69) is 5.32 Å². The fraction of sp³-hybridized carbons (Fsp3) is 0.467. The molecule has 0 fully saturated rings. The van der Waals surface area contributed by atoms with Gasteiger partial charge in [-0.15, -0.1) is 0 Å². The summed E-state index contributed by atoms with van der Waals surface area (Å²) in [6.45, 7) is 4.55. The molecule has 0 heterocycles. The van der Waals surface area contributed by atoms with Crippen LogP contribution in [0, 0.1) is 5.92 Å².